The summed E-state index contributed by atoms with van der Waals surface area (Å²) in [6.45, 7) is 0.546. The summed E-state index contributed by atoms with van der Waals surface area (Å²) >= 11 is 12.6. The van der Waals surface area contributed by atoms with Gasteiger partial charge in [-0.3, -0.25) is 4.99 Å². The highest BCUT2D eigenvalue weighted by Gasteiger charge is 2.31. The van der Waals surface area contributed by atoms with Gasteiger partial charge in [-0.1, -0.05) is 47.5 Å². The van der Waals surface area contributed by atoms with Gasteiger partial charge in [0, 0.05) is 21.3 Å². The minimum absolute atomic E-state index is 0.0707. The van der Waals surface area contributed by atoms with Crippen molar-refractivity contribution < 1.29 is 0 Å². The number of anilines is 1. The minimum Gasteiger partial charge on any atom is -0.369 e. The van der Waals surface area contributed by atoms with Crippen LogP contribution in [0.2, 0.25) is 10.0 Å². The molecule has 20 heavy (non-hydrogen) atoms. The van der Waals surface area contributed by atoms with Gasteiger partial charge in [0.1, 0.15) is 0 Å². The van der Waals surface area contributed by atoms with Crippen LogP contribution >= 0.6 is 23.2 Å². The van der Waals surface area contributed by atoms with Gasteiger partial charge in [0.15, 0.2) is 5.96 Å². The lowest BCUT2D eigenvalue weighted by molar-refractivity contribution is 0.769. The largest absolute Gasteiger partial charge is 0.369 e. The highest BCUT2D eigenvalue weighted by molar-refractivity contribution is 6.36. The Morgan fingerprint density at radius 2 is 1.65 bits per heavy atom. The van der Waals surface area contributed by atoms with Crippen LogP contribution < -0.4 is 10.6 Å². The van der Waals surface area contributed by atoms with E-state index in [0.717, 1.165) is 11.3 Å². The van der Waals surface area contributed by atoms with E-state index in [1.54, 1.807) is 0 Å². The zero-order chi connectivity index (χ0) is 14.1. The van der Waals surface area contributed by atoms with Crippen molar-refractivity contribution in [1.82, 2.24) is 0 Å². The summed E-state index contributed by atoms with van der Waals surface area (Å²) in [5.74, 6) is 0.484. The summed E-state index contributed by atoms with van der Waals surface area (Å²) in [4.78, 5) is 6.30. The SMILES string of the molecule is NC1=NCC(c2c(Cl)cccc2Cl)N1c1ccccc1. The van der Waals surface area contributed by atoms with Crippen LogP contribution in [0, 0.1) is 0 Å². The van der Waals surface area contributed by atoms with Gasteiger partial charge >= 0.3 is 0 Å². The standard InChI is InChI=1S/C15H13Cl2N3/c16-11-7-4-8-12(17)14(11)13-9-19-15(18)20(13)10-5-2-1-3-6-10/h1-8,13H,9H2,(H2,18,19). The molecule has 0 bridgehead atoms. The third-order valence-electron chi connectivity index (χ3n) is 3.35. The van der Waals surface area contributed by atoms with Crippen molar-refractivity contribution in [2.45, 2.75) is 6.04 Å². The maximum absolute atomic E-state index is 6.31. The molecule has 1 atom stereocenters. The monoisotopic (exact) mass is 305 g/mol. The fraction of sp³-hybridized carbons (Fsp3) is 0.133. The van der Waals surface area contributed by atoms with E-state index in [1.807, 2.05) is 53.4 Å². The topological polar surface area (TPSA) is 41.6 Å². The molecule has 1 aliphatic rings. The van der Waals surface area contributed by atoms with Crippen LogP contribution in [0.15, 0.2) is 53.5 Å². The van der Waals surface area contributed by atoms with Gasteiger partial charge in [0.05, 0.1) is 12.6 Å². The van der Waals surface area contributed by atoms with Crippen LogP contribution in [0.3, 0.4) is 0 Å². The highest BCUT2D eigenvalue weighted by atomic mass is 35.5. The first-order chi connectivity index (χ1) is 9.68. The Morgan fingerprint density at radius 3 is 2.30 bits per heavy atom. The average Bonchev–Trinajstić information content (AvgIpc) is 2.81. The molecule has 0 saturated heterocycles. The molecule has 102 valence electrons. The molecule has 1 unspecified atom stereocenters. The van der Waals surface area contributed by atoms with Gasteiger partial charge in [-0.25, -0.2) is 0 Å². The Labute approximate surface area is 127 Å². The number of guanidine groups is 1. The van der Waals surface area contributed by atoms with Crippen LogP contribution in [0.4, 0.5) is 5.69 Å². The van der Waals surface area contributed by atoms with Crippen LogP contribution in [-0.4, -0.2) is 12.5 Å². The summed E-state index contributed by atoms with van der Waals surface area (Å²) in [6, 6.07) is 15.3. The molecule has 1 aliphatic heterocycles. The average molecular weight is 306 g/mol. The summed E-state index contributed by atoms with van der Waals surface area (Å²) < 4.78 is 0. The lowest BCUT2D eigenvalue weighted by Crippen LogP contribution is -2.36. The highest BCUT2D eigenvalue weighted by Crippen LogP contribution is 2.38. The first kappa shape index (κ1) is 13.3. The Balaban J connectivity index is 2.06. The zero-order valence-corrected chi connectivity index (χ0v) is 12.1. The van der Waals surface area contributed by atoms with E-state index < -0.39 is 0 Å². The number of benzene rings is 2. The molecular weight excluding hydrogens is 293 g/mol. The van der Waals surface area contributed by atoms with Crippen molar-refractivity contribution in [1.29, 1.82) is 0 Å². The van der Waals surface area contributed by atoms with Crippen LogP contribution in [-0.2, 0) is 0 Å². The van der Waals surface area contributed by atoms with Gasteiger partial charge in [-0.2, -0.15) is 0 Å². The normalized spacial score (nSPS) is 18.2. The fourth-order valence-electron chi connectivity index (χ4n) is 2.45. The Morgan fingerprint density at radius 1 is 1.00 bits per heavy atom. The predicted octanol–water partition coefficient (Wildman–Crippen LogP) is 3.87. The van der Waals surface area contributed by atoms with Gasteiger partial charge in [0.25, 0.3) is 0 Å². The predicted molar refractivity (Wildman–Crippen MR) is 84.6 cm³/mol. The Kier molecular flexibility index (Phi) is 3.55. The summed E-state index contributed by atoms with van der Waals surface area (Å²) in [5.41, 5.74) is 7.87. The first-order valence-corrected chi connectivity index (χ1v) is 7.02. The molecular formula is C15H13Cl2N3. The zero-order valence-electron chi connectivity index (χ0n) is 10.6. The maximum Gasteiger partial charge on any atom is 0.196 e. The molecule has 1 heterocycles. The number of nitrogens with two attached hydrogens (primary N) is 1. The molecule has 0 fully saturated rings. The second kappa shape index (κ2) is 5.35. The van der Waals surface area contributed by atoms with Crippen LogP contribution in [0.5, 0.6) is 0 Å². The van der Waals surface area contributed by atoms with E-state index in [-0.39, 0.29) is 6.04 Å². The molecule has 0 saturated carbocycles. The first-order valence-electron chi connectivity index (χ1n) is 6.26. The number of halogens is 2. The molecule has 5 heteroatoms. The molecule has 2 aromatic carbocycles. The Bertz CT molecular complexity index is 635. The lowest BCUT2D eigenvalue weighted by atomic mass is 10.1. The molecule has 2 aromatic rings. The van der Waals surface area contributed by atoms with Crippen molar-refractivity contribution in [3.8, 4) is 0 Å². The van der Waals surface area contributed by atoms with E-state index in [4.69, 9.17) is 28.9 Å². The number of hydrogen-bond donors (Lipinski definition) is 1. The van der Waals surface area contributed by atoms with Crippen molar-refractivity contribution >= 4 is 34.8 Å². The number of rotatable bonds is 2. The van der Waals surface area contributed by atoms with Crippen molar-refractivity contribution in [3.05, 3.63) is 64.1 Å². The Hall–Kier alpha value is -1.71. The maximum atomic E-state index is 6.31. The summed E-state index contributed by atoms with van der Waals surface area (Å²) in [5, 5.41) is 1.27. The molecule has 0 aromatic heterocycles. The van der Waals surface area contributed by atoms with Gasteiger partial charge in [-0.15, -0.1) is 0 Å². The van der Waals surface area contributed by atoms with Crippen molar-refractivity contribution in [2.75, 3.05) is 11.4 Å². The molecule has 2 N–H and O–H groups in total. The minimum atomic E-state index is -0.0707. The quantitative estimate of drug-likeness (QED) is 0.915. The molecule has 0 aliphatic carbocycles. The number of aliphatic imine (C=N–C) groups is 1. The molecule has 0 amide bonds. The third kappa shape index (κ3) is 2.23. The van der Waals surface area contributed by atoms with E-state index >= 15 is 0 Å². The van der Waals surface area contributed by atoms with Gasteiger partial charge in [0.2, 0.25) is 0 Å². The van der Waals surface area contributed by atoms with E-state index in [2.05, 4.69) is 4.99 Å². The fourth-order valence-corrected chi connectivity index (χ4v) is 3.10. The smallest absolute Gasteiger partial charge is 0.196 e. The summed E-state index contributed by atoms with van der Waals surface area (Å²) in [7, 11) is 0. The van der Waals surface area contributed by atoms with Crippen LogP contribution in [0.25, 0.3) is 0 Å². The van der Waals surface area contributed by atoms with E-state index in [9.17, 15) is 0 Å². The number of nitrogens with zero attached hydrogens (tertiary/aromatic N) is 2. The van der Waals surface area contributed by atoms with Crippen LogP contribution in [0.1, 0.15) is 11.6 Å². The summed E-state index contributed by atoms with van der Waals surface area (Å²) in [6.07, 6.45) is 0. The van der Waals surface area contributed by atoms with E-state index in [0.29, 0.717) is 22.5 Å². The molecule has 3 nitrogen and oxygen atoms in total. The molecule has 0 spiro atoms. The van der Waals surface area contributed by atoms with Gasteiger partial charge < -0.3 is 10.6 Å². The second-order valence-electron chi connectivity index (χ2n) is 4.56. The number of hydrogen-bond acceptors (Lipinski definition) is 3. The second-order valence-corrected chi connectivity index (χ2v) is 5.37. The van der Waals surface area contributed by atoms with Crippen molar-refractivity contribution in [3.63, 3.8) is 0 Å². The van der Waals surface area contributed by atoms with E-state index in [1.165, 1.54) is 0 Å². The molecule has 0 radical (unpaired) electrons. The van der Waals surface area contributed by atoms with Crippen molar-refractivity contribution in [2.24, 2.45) is 10.7 Å². The lowest BCUT2D eigenvalue weighted by Gasteiger charge is -2.27. The third-order valence-corrected chi connectivity index (χ3v) is 4.01. The molecule has 3 rings (SSSR count). The number of para-hydroxylation sites is 1. The van der Waals surface area contributed by atoms with Gasteiger partial charge in [-0.05, 0) is 24.3 Å².